The minimum atomic E-state index is -0.777. The van der Waals surface area contributed by atoms with Crippen molar-refractivity contribution in [2.45, 2.75) is 348 Å². The first-order valence-electron chi connectivity index (χ1n) is 34.7. The molecule has 6 heteroatoms. The summed E-state index contributed by atoms with van der Waals surface area (Å²) < 4.78 is 16.9. The van der Waals surface area contributed by atoms with E-state index >= 15 is 0 Å². The molecule has 0 fully saturated rings. The Morgan fingerprint density at radius 1 is 0.259 bits per heavy atom. The molecule has 0 N–H and O–H groups in total. The van der Waals surface area contributed by atoms with Gasteiger partial charge in [-0.15, -0.1) is 0 Å². The smallest absolute Gasteiger partial charge is 0.306 e. The maximum absolute atomic E-state index is 12.9. The summed E-state index contributed by atoms with van der Waals surface area (Å²) in [6, 6.07) is 0. The zero-order valence-electron chi connectivity index (χ0n) is 53.5. The van der Waals surface area contributed by atoms with Crippen molar-refractivity contribution in [2.75, 3.05) is 13.2 Å². The van der Waals surface area contributed by atoms with Crippen LogP contribution in [0.1, 0.15) is 342 Å². The first-order valence-corrected chi connectivity index (χ1v) is 34.7. The SMILES string of the molecule is CC/C=C\C/C=C\C/C=C\C/C=C\CCCCCCCCCCCCCCCCCCCCC(=O)OCC(COC(=O)CCCCCCCCCCC)OC(=O)CCCCCCCCCCCC/C=C\C/C=C\C/C=C\C/C=C\CC. The first-order chi connectivity index (χ1) is 40.0. The van der Waals surface area contributed by atoms with E-state index in [9.17, 15) is 14.4 Å². The van der Waals surface area contributed by atoms with Gasteiger partial charge in [-0.25, -0.2) is 0 Å². The van der Waals surface area contributed by atoms with E-state index in [-0.39, 0.29) is 31.1 Å². The average Bonchev–Trinajstić information content (AvgIpc) is 3.47. The highest BCUT2D eigenvalue weighted by atomic mass is 16.6. The molecule has 81 heavy (non-hydrogen) atoms. The van der Waals surface area contributed by atoms with Gasteiger partial charge in [0.05, 0.1) is 0 Å². The van der Waals surface area contributed by atoms with Crippen molar-refractivity contribution in [2.24, 2.45) is 0 Å². The molecule has 0 spiro atoms. The zero-order chi connectivity index (χ0) is 58.5. The van der Waals surface area contributed by atoms with Crippen molar-refractivity contribution in [1.82, 2.24) is 0 Å². The summed E-state index contributed by atoms with van der Waals surface area (Å²) in [6.07, 6.45) is 93.1. The van der Waals surface area contributed by atoms with Crippen molar-refractivity contribution in [3.8, 4) is 0 Å². The summed E-state index contributed by atoms with van der Waals surface area (Å²) in [5, 5.41) is 0. The fraction of sp³-hybridized carbons (Fsp3) is 0.747. The Hall–Kier alpha value is -3.67. The molecule has 0 aromatic heterocycles. The highest BCUT2D eigenvalue weighted by Crippen LogP contribution is 2.18. The Morgan fingerprint density at radius 3 is 0.753 bits per heavy atom. The van der Waals surface area contributed by atoms with Gasteiger partial charge in [-0.2, -0.15) is 0 Å². The Bertz CT molecular complexity index is 1580. The van der Waals surface area contributed by atoms with Gasteiger partial charge in [0.1, 0.15) is 13.2 Å². The van der Waals surface area contributed by atoms with Gasteiger partial charge in [0.25, 0.3) is 0 Å². The molecule has 0 saturated heterocycles. The lowest BCUT2D eigenvalue weighted by molar-refractivity contribution is -0.167. The monoisotopic (exact) mass is 1130 g/mol. The third kappa shape index (κ3) is 67.0. The Morgan fingerprint density at radius 2 is 0.481 bits per heavy atom. The van der Waals surface area contributed by atoms with Crippen LogP contribution in [0.5, 0.6) is 0 Å². The van der Waals surface area contributed by atoms with Gasteiger partial charge in [0, 0.05) is 19.3 Å². The molecule has 0 rings (SSSR count). The average molecular weight is 1130 g/mol. The molecular weight excluding hydrogens is 997 g/mol. The molecule has 0 saturated carbocycles. The fourth-order valence-corrected chi connectivity index (χ4v) is 9.96. The highest BCUT2D eigenvalue weighted by molar-refractivity contribution is 5.71. The van der Waals surface area contributed by atoms with Gasteiger partial charge >= 0.3 is 17.9 Å². The second-order valence-electron chi connectivity index (χ2n) is 23.0. The van der Waals surface area contributed by atoms with Gasteiger partial charge in [-0.1, -0.05) is 323 Å². The summed E-state index contributed by atoms with van der Waals surface area (Å²) in [5.74, 6) is -0.865. The molecule has 0 bridgehead atoms. The van der Waals surface area contributed by atoms with E-state index in [4.69, 9.17) is 14.2 Å². The molecular formula is C75H130O6. The van der Waals surface area contributed by atoms with Crippen molar-refractivity contribution in [3.63, 3.8) is 0 Å². The summed E-state index contributed by atoms with van der Waals surface area (Å²) in [4.78, 5) is 38.3. The zero-order valence-corrected chi connectivity index (χ0v) is 53.5. The number of ether oxygens (including phenoxy) is 3. The lowest BCUT2D eigenvalue weighted by Gasteiger charge is -2.18. The quantitative estimate of drug-likeness (QED) is 0.0261. The molecule has 0 aliphatic carbocycles. The van der Waals surface area contributed by atoms with Gasteiger partial charge in [0.15, 0.2) is 6.10 Å². The first kappa shape index (κ1) is 77.3. The van der Waals surface area contributed by atoms with Crippen molar-refractivity contribution in [1.29, 1.82) is 0 Å². The van der Waals surface area contributed by atoms with Crippen molar-refractivity contribution in [3.05, 3.63) is 97.2 Å². The van der Waals surface area contributed by atoms with Gasteiger partial charge in [0.2, 0.25) is 0 Å². The molecule has 6 nitrogen and oxygen atoms in total. The standard InChI is InChI=1S/C75H130O6/c1-4-7-10-13-16-19-21-23-25-27-29-31-33-34-35-36-37-38-39-40-42-43-45-47-49-51-53-56-59-62-65-68-74(77)80-71-72(70-79-73(76)67-64-61-58-55-18-15-12-9-6-3)81-75(78)69-66-63-60-57-54-52-50-48-46-44-41-32-30-28-26-24-22-20-17-14-11-8-5-2/h7-8,10-11,16-17,19-20,23-26,29-32,72H,4-6,9,12-15,18,21-22,27-28,33-71H2,1-3H3/b10-7-,11-8-,19-16-,20-17-,25-23-,26-24-,31-29-,32-30-. The van der Waals surface area contributed by atoms with Gasteiger partial charge in [-0.05, 0) is 96.3 Å². The predicted molar refractivity (Wildman–Crippen MR) is 353 cm³/mol. The van der Waals surface area contributed by atoms with Crippen LogP contribution in [-0.4, -0.2) is 37.2 Å². The maximum Gasteiger partial charge on any atom is 0.306 e. The summed E-state index contributed by atoms with van der Waals surface area (Å²) in [6.45, 7) is 6.43. The van der Waals surface area contributed by atoms with Crippen molar-refractivity contribution < 1.29 is 28.6 Å². The normalized spacial score (nSPS) is 12.7. The Balaban J connectivity index is 4.12. The molecule has 0 amide bonds. The van der Waals surface area contributed by atoms with E-state index in [1.54, 1.807) is 0 Å². The topological polar surface area (TPSA) is 78.9 Å². The van der Waals surface area contributed by atoms with Crippen molar-refractivity contribution >= 4 is 17.9 Å². The molecule has 1 atom stereocenters. The lowest BCUT2D eigenvalue weighted by Crippen LogP contribution is -2.30. The van der Waals surface area contributed by atoms with Gasteiger partial charge in [-0.3, -0.25) is 14.4 Å². The summed E-state index contributed by atoms with van der Waals surface area (Å²) in [7, 11) is 0. The highest BCUT2D eigenvalue weighted by Gasteiger charge is 2.19. The van der Waals surface area contributed by atoms with Crippen LogP contribution in [0.3, 0.4) is 0 Å². The number of unbranched alkanes of at least 4 members (excludes halogenated alkanes) is 36. The van der Waals surface area contributed by atoms with Crippen LogP contribution in [0.25, 0.3) is 0 Å². The van der Waals surface area contributed by atoms with E-state index in [0.29, 0.717) is 19.3 Å². The van der Waals surface area contributed by atoms with Crippen LogP contribution in [0, 0.1) is 0 Å². The van der Waals surface area contributed by atoms with E-state index in [0.717, 1.165) is 109 Å². The van der Waals surface area contributed by atoms with Crippen LogP contribution < -0.4 is 0 Å². The second-order valence-corrected chi connectivity index (χ2v) is 23.0. The number of carbonyl (C=O) groups is 3. The number of allylic oxidation sites excluding steroid dienone is 16. The molecule has 0 radical (unpaired) electrons. The second kappa shape index (κ2) is 68.8. The number of hydrogen-bond donors (Lipinski definition) is 0. The number of hydrogen-bond acceptors (Lipinski definition) is 6. The lowest BCUT2D eigenvalue weighted by atomic mass is 10.0. The molecule has 0 aromatic carbocycles. The fourth-order valence-electron chi connectivity index (χ4n) is 9.96. The molecule has 0 aliphatic heterocycles. The van der Waals surface area contributed by atoms with Crippen LogP contribution in [0.2, 0.25) is 0 Å². The predicted octanol–water partition coefficient (Wildman–Crippen LogP) is 24.0. The third-order valence-electron chi connectivity index (χ3n) is 15.1. The number of carbonyl (C=O) groups excluding carboxylic acids is 3. The van der Waals surface area contributed by atoms with E-state index in [1.165, 1.54) is 193 Å². The molecule has 466 valence electrons. The minimum absolute atomic E-state index is 0.0744. The van der Waals surface area contributed by atoms with Crippen LogP contribution in [-0.2, 0) is 28.6 Å². The number of esters is 3. The maximum atomic E-state index is 12.9. The Labute approximate surface area is 502 Å². The third-order valence-corrected chi connectivity index (χ3v) is 15.1. The number of rotatable bonds is 63. The summed E-state index contributed by atoms with van der Waals surface area (Å²) >= 11 is 0. The van der Waals surface area contributed by atoms with E-state index in [1.807, 2.05) is 0 Å². The molecule has 0 aliphatic rings. The van der Waals surface area contributed by atoms with Gasteiger partial charge < -0.3 is 14.2 Å². The van der Waals surface area contributed by atoms with Crippen LogP contribution in [0.4, 0.5) is 0 Å². The Kier molecular flexibility index (Phi) is 65.7. The molecule has 1 unspecified atom stereocenters. The van der Waals surface area contributed by atoms with E-state index in [2.05, 4.69) is 118 Å². The van der Waals surface area contributed by atoms with Crippen LogP contribution >= 0.6 is 0 Å². The molecule has 0 aromatic rings. The minimum Gasteiger partial charge on any atom is -0.462 e. The largest absolute Gasteiger partial charge is 0.462 e. The van der Waals surface area contributed by atoms with E-state index < -0.39 is 6.10 Å². The summed E-state index contributed by atoms with van der Waals surface area (Å²) in [5.41, 5.74) is 0. The van der Waals surface area contributed by atoms with Crippen LogP contribution in [0.15, 0.2) is 97.2 Å². The molecule has 0 heterocycles.